The Morgan fingerprint density at radius 1 is 0.384 bits per heavy atom. The highest BCUT2D eigenvalue weighted by atomic mass is 31.2. The second-order valence-electron chi connectivity index (χ2n) is 24.5. The van der Waals surface area contributed by atoms with Gasteiger partial charge >= 0.3 is 39.5 Å². The first kappa shape index (κ1) is 83.5. The maximum atomic E-state index is 13.0. The molecule has 3 N–H and O–H groups in total. The molecule has 0 radical (unpaired) electrons. The average Bonchev–Trinajstić information content (AvgIpc) is 3.67. The molecule has 0 bridgehead atoms. The minimum Gasteiger partial charge on any atom is -0.462 e. The molecule has 0 aliphatic heterocycles. The van der Waals surface area contributed by atoms with Gasteiger partial charge in [-0.3, -0.25) is 37.3 Å². The number of phosphoric acid groups is 2. The van der Waals surface area contributed by atoms with Crippen molar-refractivity contribution in [3.05, 3.63) is 24.3 Å². The number of hydrogen-bond donors (Lipinski definition) is 3. The quantitative estimate of drug-likeness (QED) is 0.0169. The van der Waals surface area contributed by atoms with Crippen molar-refractivity contribution in [2.24, 2.45) is 17.8 Å². The van der Waals surface area contributed by atoms with Crippen LogP contribution < -0.4 is 0 Å². The molecule has 0 aromatic rings. The van der Waals surface area contributed by atoms with E-state index < -0.39 is 97.5 Å². The molecule has 0 aromatic heterocycles. The smallest absolute Gasteiger partial charge is 0.462 e. The Labute approximate surface area is 522 Å². The van der Waals surface area contributed by atoms with E-state index >= 15 is 0 Å². The first-order chi connectivity index (χ1) is 41.3. The summed E-state index contributed by atoms with van der Waals surface area (Å²) in [5.74, 6) is 0.00655. The van der Waals surface area contributed by atoms with Gasteiger partial charge in [0.25, 0.3) is 0 Å². The van der Waals surface area contributed by atoms with Crippen LogP contribution in [0.4, 0.5) is 0 Å². The normalized spacial score (nSPS) is 15.1. The zero-order valence-electron chi connectivity index (χ0n) is 55.3. The molecule has 19 heteroatoms. The van der Waals surface area contributed by atoms with Gasteiger partial charge < -0.3 is 33.8 Å². The lowest BCUT2D eigenvalue weighted by Crippen LogP contribution is -2.30. The highest BCUT2D eigenvalue weighted by Crippen LogP contribution is 2.45. The number of ether oxygens (including phenoxy) is 4. The number of carbonyl (C=O) groups excluding carboxylic acids is 4. The Balaban J connectivity index is 5.29. The highest BCUT2D eigenvalue weighted by molar-refractivity contribution is 7.47. The van der Waals surface area contributed by atoms with Crippen LogP contribution in [0.5, 0.6) is 0 Å². The number of aliphatic hydroxyl groups excluding tert-OH is 1. The zero-order chi connectivity index (χ0) is 63.8. The highest BCUT2D eigenvalue weighted by Gasteiger charge is 2.30. The van der Waals surface area contributed by atoms with Crippen LogP contribution >= 0.6 is 15.6 Å². The van der Waals surface area contributed by atoms with Gasteiger partial charge in [-0.15, -0.1) is 0 Å². The SMILES string of the molecule is CCCCCC/C=C\C=C/CCCCCCCC(=O)O[C@H](COC(=O)CCCCCCCCC(C)CC)COP(=O)(O)OC[C@H](O)COP(=O)(O)OC[C@@H](COC(=O)CCCCCCCCC(C)C)OC(=O)CCCCCCCCCCC(C)CC. The van der Waals surface area contributed by atoms with Crippen molar-refractivity contribution in [1.82, 2.24) is 0 Å². The fraction of sp³-hybridized carbons (Fsp3) is 0.881. The predicted octanol–water partition coefficient (Wildman–Crippen LogP) is 18.2. The molecule has 0 aliphatic carbocycles. The molecule has 17 nitrogen and oxygen atoms in total. The molecule has 506 valence electrons. The number of allylic oxidation sites excluding steroid dienone is 4. The lowest BCUT2D eigenvalue weighted by atomic mass is 9.99. The van der Waals surface area contributed by atoms with E-state index in [4.69, 9.17) is 37.0 Å². The lowest BCUT2D eigenvalue weighted by Gasteiger charge is -2.21. The maximum absolute atomic E-state index is 13.0. The first-order valence-corrected chi connectivity index (χ1v) is 37.2. The molecule has 86 heavy (non-hydrogen) atoms. The predicted molar refractivity (Wildman–Crippen MR) is 344 cm³/mol. The standard InChI is InChI=1S/C67H126O17P2/c1-8-11-12-13-14-15-16-17-18-19-20-21-25-36-43-50-66(71)83-63(55-78-65(70)49-42-35-30-28-33-40-47-60(7)10-3)57-82-86(75,76)80-53-61(68)52-79-85(73,74)81-56-62(54-77-64(69)48-41-34-29-27-31-38-45-58(4)5)84-67(72)51-44-37-26-23-22-24-32-39-46-59(6)9-2/h15-18,58-63,68H,8-14,19-57H2,1-7H3,(H,73,74)(H,75,76)/b16-15-,18-17-/t59?,60?,61-,62-,63-/m1/s1. The van der Waals surface area contributed by atoms with Crippen LogP contribution in [0.2, 0.25) is 0 Å². The molecule has 0 rings (SSSR count). The first-order valence-electron chi connectivity index (χ1n) is 34.2. The van der Waals surface area contributed by atoms with E-state index in [0.717, 1.165) is 127 Å². The molecule has 0 aromatic carbocycles. The summed E-state index contributed by atoms with van der Waals surface area (Å²) in [6.45, 7) is 11.6. The van der Waals surface area contributed by atoms with Crippen LogP contribution in [0, 0.1) is 17.8 Å². The van der Waals surface area contributed by atoms with Crippen molar-refractivity contribution in [3.63, 3.8) is 0 Å². The van der Waals surface area contributed by atoms with Gasteiger partial charge in [0.15, 0.2) is 12.2 Å². The molecule has 4 unspecified atom stereocenters. The van der Waals surface area contributed by atoms with Crippen LogP contribution in [0.1, 0.15) is 305 Å². The molecule has 0 spiro atoms. The fourth-order valence-electron chi connectivity index (χ4n) is 9.41. The molecule has 0 aliphatic rings. The van der Waals surface area contributed by atoms with Gasteiger partial charge in [-0.1, -0.05) is 253 Å². The van der Waals surface area contributed by atoms with E-state index in [1.165, 1.54) is 89.9 Å². The van der Waals surface area contributed by atoms with E-state index in [1.54, 1.807) is 0 Å². The van der Waals surface area contributed by atoms with Gasteiger partial charge in [-0.25, -0.2) is 9.13 Å². The molecular weight excluding hydrogens is 1140 g/mol. The molecule has 0 amide bonds. The molecular formula is C67H126O17P2. The van der Waals surface area contributed by atoms with Crippen molar-refractivity contribution < 1.29 is 80.2 Å². The summed E-state index contributed by atoms with van der Waals surface area (Å²) in [4.78, 5) is 72.3. The summed E-state index contributed by atoms with van der Waals surface area (Å²) in [5.41, 5.74) is 0. The van der Waals surface area contributed by atoms with Crippen molar-refractivity contribution in [2.75, 3.05) is 39.6 Å². The third-order valence-corrected chi connectivity index (χ3v) is 17.4. The van der Waals surface area contributed by atoms with E-state index in [-0.39, 0.29) is 25.7 Å². The number of unbranched alkanes of at least 4 members (excludes halogenated alkanes) is 26. The van der Waals surface area contributed by atoms with Gasteiger partial charge in [0, 0.05) is 25.7 Å². The largest absolute Gasteiger partial charge is 0.472 e. The van der Waals surface area contributed by atoms with Gasteiger partial charge in [0.2, 0.25) is 0 Å². The van der Waals surface area contributed by atoms with Gasteiger partial charge in [0.1, 0.15) is 19.3 Å². The zero-order valence-corrected chi connectivity index (χ0v) is 57.0. The molecule has 0 saturated heterocycles. The molecule has 0 fully saturated rings. The Hall–Kier alpha value is -2.46. The van der Waals surface area contributed by atoms with Gasteiger partial charge in [0.05, 0.1) is 26.4 Å². The molecule has 7 atom stereocenters. The summed E-state index contributed by atoms with van der Waals surface area (Å²) >= 11 is 0. The van der Waals surface area contributed by atoms with Crippen molar-refractivity contribution >= 4 is 39.5 Å². The van der Waals surface area contributed by atoms with Crippen LogP contribution in [-0.4, -0.2) is 96.7 Å². The third kappa shape index (κ3) is 57.9. The summed E-state index contributed by atoms with van der Waals surface area (Å²) in [5, 5.41) is 10.6. The van der Waals surface area contributed by atoms with Crippen molar-refractivity contribution in [1.29, 1.82) is 0 Å². The molecule has 0 heterocycles. The number of carbonyl (C=O) groups is 4. The number of phosphoric ester groups is 2. The summed E-state index contributed by atoms with van der Waals surface area (Å²) in [7, 11) is -9.91. The minimum absolute atomic E-state index is 0.0834. The molecule has 0 saturated carbocycles. The van der Waals surface area contributed by atoms with Gasteiger partial charge in [-0.2, -0.15) is 0 Å². The summed E-state index contributed by atoms with van der Waals surface area (Å²) in [6.07, 6.45) is 42.7. The second-order valence-corrected chi connectivity index (χ2v) is 27.4. The number of aliphatic hydroxyl groups is 1. The van der Waals surface area contributed by atoms with E-state index in [2.05, 4.69) is 72.8 Å². The van der Waals surface area contributed by atoms with E-state index in [0.29, 0.717) is 31.6 Å². The van der Waals surface area contributed by atoms with Crippen molar-refractivity contribution in [3.8, 4) is 0 Å². The Morgan fingerprint density at radius 2 is 0.686 bits per heavy atom. The maximum Gasteiger partial charge on any atom is 0.472 e. The van der Waals surface area contributed by atoms with Gasteiger partial charge in [-0.05, 0) is 69.1 Å². The van der Waals surface area contributed by atoms with Crippen LogP contribution in [-0.2, 0) is 65.4 Å². The summed E-state index contributed by atoms with van der Waals surface area (Å²) < 4.78 is 68.0. The van der Waals surface area contributed by atoms with Crippen molar-refractivity contribution in [2.45, 2.75) is 324 Å². The second kappa shape index (κ2) is 57.7. The Morgan fingerprint density at radius 3 is 1.03 bits per heavy atom. The number of esters is 4. The van der Waals surface area contributed by atoms with Crippen LogP contribution in [0.3, 0.4) is 0 Å². The Bertz CT molecular complexity index is 1800. The Kier molecular flexibility index (Phi) is 56.0. The monoisotopic (exact) mass is 1260 g/mol. The van der Waals surface area contributed by atoms with E-state index in [9.17, 15) is 43.2 Å². The fourth-order valence-corrected chi connectivity index (χ4v) is 11.0. The van der Waals surface area contributed by atoms with E-state index in [1.807, 2.05) is 0 Å². The third-order valence-electron chi connectivity index (χ3n) is 15.5. The summed E-state index contributed by atoms with van der Waals surface area (Å²) in [6, 6.07) is 0. The topological polar surface area (TPSA) is 237 Å². The average molecular weight is 1270 g/mol. The van der Waals surface area contributed by atoms with Crippen LogP contribution in [0.25, 0.3) is 0 Å². The number of rotatable bonds is 63. The lowest BCUT2D eigenvalue weighted by molar-refractivity contribution is -0.161. The van der Waals surface area contributed by atoms with Crippen LogP contribution in [0.15, 0.2) is 24.3 Å². The number of hydrogen-bond acceptors (Lipinski definition) is 15. The minimum atomic E-state index is -4.96.